The zero-order valence-corrected chi connectivity index (χ0v) is 13.6. The van der Waals surface area contributed by atoms with Crippen LogP contribution >= 0.6 is 0 Å². The number of carbonyl (C=O) groups excluding carboxylic acids is 1. The van der Waals surface area contributed by atoms with E-state index in [1.807, 2.05) is 31.2 Å². The number of nitrogens with one attached hydrogen (secondary N) is 1. The molecule has 0 aliphatic carbocycles. The number of hydrogen-bond donors (Lipinski definition) is 1. The SMILES string of the molecule is COc1ccc(C(=O)NCCOc2ccc(C)cc2)cc1OC. The molecule has 5 heteroatoms. The molecule has 0 spiro atoms. The van der Waals surface area contributed by atoms with Crippen LogP contribution in [0.4, 0.5) is 0 Å². The van der Waals surface area contributed by atoms with Crippen molar-refractivity contribution in [3.8, 4) is 17.2 Å². The highest BCUT2D eigenvalue weighted by Crippen LogP contribution is 2.27. The van der Waals surface area contributed by atoms with Gasteiger partial charge in [0.25, 0.3) is 5.91 Å². The van der Waals surface area contributed by atoms with E-state index in [0.717, 1.165) is 5.75 Å². The molecule has 0 saturated heterocycles. The Morgan fingerprint density at radius 3 is 2.35 bits per heavy atom. The molecule has 0 aromatic heterocycles. The number of methoxy groups -OCH3 is 2. The summed E-state index contributed by atoms with van der Waals surface area (Å²) in [4.78, 5) is 12.1. The number of aryl methyl sites for hydroxylation is 1. The van der Waals surface area contributed by atoms with Gasteiger partial charge >= 0.3 is 0 Å². The van der Waals surface area contributed by atoms with E-state index >= 15 is 0 Å². The lowest BCUT2D eigenvalue weighted by atomic mass is 10.2. The second-order valence-electron chi connectivity index (χ2n) is 4.99. The Bertz CT molecular complexity index is 653. The number of rotatable bonds is 7. The normalized spacial score (nSPS) is 10.0. The van der Waals surface area contributed by atoms with E-state index in [-0.39, 0.29) is 5.91 Å². The monoisotopic (exact) mass is 315 g/mol. The van der Waals surface area contributed by atoms with Gasteiger partial charge in [0.1, 0.15) is 12.4 Å². The van der Waals surface area contributed by atoms with Crippen LogP contribution in [0.25, 0.3) is 0 Å². The van der Waals surface area contributed by atoms with E-state index in [2.05, 4.69) is 5.32 Å². The van der Waals surface area contributed by atoms with Crippen LogP contribution in [0, 0.1) is 6.92 Å². The summed E-state index contributed by atoms with van der Waals surface area (Å²) in [5.74, 6) is 1.72. The Kier molecular flexibility index (Phi) is 5.86. The first-order valence-electron chi connectivity index (χ1n) is 7.33. The van der Waals surface area contributed by atoms with Crippen molar-refractivity contribution in [1.82, 2.24) is 5.32 Å². The lowest BCUT2D eigenvalue weighted by Crippen LogP contribution is -2.28. The molecule has 0 fully saturated rings. The average Bonchev–Trinajstić information content (AvgIpc) is 2.59. The standard InChI is InChI=1S/C18H21NO4/c1-13-4-7-15(8-5-13)23-11-10-19-18(20)14-6-9-16(21-2)17(12-14)22-3/h4-9,12H,10-11H2,1-3H3,(H,19,20). The molecule has 1 amide bonds. The maximum absolute atomic E-state index is 12.1. The molecule has 122 valence electrons. The second kappa shape index (κ2) is 8.08. The average molecular weight is 315 g/mol. The highest BCUT2D eigenvalue weighted by Gasteiger charge is 2.10. The van der Waals surface area contributed by atoms with Crippen LogP contribution in [-0.4, -0.2) is 33.3 Å². The molecule has 1 N–H and O–H groups in total. The number of ether oxygens (including phenoxy) is 3. The van der Waals surface area contributed by atoms with Crippen LogP contribution in [0.1, 0.15) is 15.9 Å². The predicted molar refractivity (Wildman–Crippen MR) is 88.6 cm³/mol. The summed E-state index contributed by atoms with van der Waals surface area (Å²) in [5.41, 5.74) is 1.69. The lowest BCUT2D eigenvalue weighted by Gasteiger charge is -2.10. The van der Waals surface area contributed by atoms with Gasteiger partial charge in [0.2, 0.25) is 0 Å². The Morgan fingerprint density at radius 2 is 1.70 bits per heavy atom. The minimum atomic E-state index is -0.182. The first-order valence-corrected chi connectivity index (χ1v) is 7.33. The lowest BCUT2D eigenvalue weighted by molar-refractivity contribution is 0.0946. The highest BCUT2D eigenvalue weighted by atomic mass is 16.5. The molecule has 0 aliphatic heterocycles. The summed E-state index contributed by atoms with van der Waals surface area (Å²) in [6, 6.07) is 12.8. The maximum Gasteiger partial charge on any atom is 0.251 e. The first kappa shape index (κ1) is 16.7. The first-order chi connectivity index (χ1) is 11.1. The van der Waals surface area contributed by atoms with Gasteiger partial charge in [-0.05, 0) is 37.3 Å². The molecular formula is C18H21NO4. The molecule has 23 heavy (non-hydrogen) atoms. The van der Waals surface area contributed by atoms with Crippen molar-refractivity contribution < 1.29 is 19.0 Å². The molecule has 0 aliphatic rings. The Hall–Kier alpha value is -2.69. The van der Waals surface area contributed by atoms with Crippen molar-refractivity contribution in [2.45, 2.75) is 6.92 Å². The molecule has 5 nitrogen and oxygen atoms in total. The summed E-state index contributed by atoms with van der Waals surface area (Å²) in [7, 11) is 3.09. The van der Waals surface area contributed by atoms with E-state index in [0.29, 0.717) is 30.2 Å². The summed E-state index contributed by atoms with van der Waals surface area (Å²) < 4.78 is 15.9. The molecule has 0 saturated carbocycles. The maximum atomic E-state index is 12.1. The van der Waals surface area contributed by atoms with Gasteiger partial charge in [0.05, 0.1) is 20.8 Å². The summed E-state index contributed by atoms with van der Waals surface area (Å²) >= 11 is 0. The topological polar surface area (TPSA) is 56.8 Å². The minimum Gasteiger partial charge on any atom is -0.493 e. The molecule has 0 heterocycles. The van der Waals surface area contributed by atoms with E-state index < -0.39 is 0 Å². The Labute approximate surface area is 136 Å². The van der Waals surface area contributed by atoms with Gasteiger partial charge in [-0.25, -0.2) is 0 Å². The van der Waals surface area contributed by atoms with Crippen LogP contribution < -0.4 is 19.5 Å². The summed E-state index contributed by atoms with van der Waals surface area (Å²) in [6.45, 7) is 2.84. The van der Waals surface area contributed by atoms with E-state index in [4.69, 9.17) is 14.2 Å². The Morgan fingerprint density at radius 1 is 1.00 bits per heavy atom. The fourth-order valence-electron chi connectivity index (χ4n) is 2.05. The third-order valence-electron chi connectivity index (χ3n) is 3.32. The van der Waals surface area contributed by atoms with E-state index in [9.17, 15) is 4.79 Å². The molecule has 2 aromatic carbocycles. The molecule has 0 radical (unpaired) electrons. The molecule has 0 atom stereocenters. The third kappa shape index (κ3) is 4.64. The van der Waals surface area contributed by atoms with Crippen molar-refractivity contribution >= 4 is 5.91 Å². The van der Waals surface area contributed by atoms with E-state index in [1.54, 1.807) is 25.3 Å². The smallest absolute Gasteiger partial charge is 0.251 e. The van der Waals surface area contributed by atoms with Crippen LogP contribution in [0.2, 0.25) is 0 Å². The van der Waals surface area contributed by atoms with Gasteiger partial charge in [-0.2, -0.15) is 0 Å². The molecule has 2 rings (SSSR count). The van der Waals surface area contributed by atoms with Crippen molar-refractivity contribution in [2.24, 2.45) is 0 Å². The summed E-state index contributed by atoms with van der Waals surface area (Å²) in [5, 5.41) is 2.81. The molecule has 0 unspecified atom stereocenters. The van der Waals surface area contributed by atoms with Gasteiger partial charge in [-0.15, -0.1) is 0 Å². The predicted octanol–water partition coefficient (Wildman–Crippen LogP) is 2.82. The molecule has 0 bridgehead atoms. The fourth-order valence-corrected chi connectivity index (χ4v) is 2.05. The van der Waals surface area contributed by atoms with Crippen LogP contribution in [0.3, 0.4) is 0 Å². The van der Waals surface area contributed by atoms with Crippen molar-refractivity contribution in [2.75, 3.05) is 27.4 Å². The minimum absolute atomic E-state index is 0.182. The van der Waals surface area contributed by atoms with Crippen LogP contribution in [-0.2, 0) is 0 Å². The largest absolute Gasteiger partial charge is 0.493 e. The van der Waals surface area contributed by atoms with Gasteiger partial charge in [-0.1, -0.05) is 17.7 Å². The second-order valence-corrected chi connectivity index (χ2v) is 4.99. The third-order valence-corrected chi connectivity index (χ3v) is 3.32. The Balaban J connectivity index is 1.83. The number of hydrogen-bond acceptors (Lipinski definition) is 4. The van der Waals surface area contributed by atoms with Gasteiger partial charge in [0.15, 0.2) is 11.5 Å². The van der Waals surface area contributed by atoms with Crippen molar-refractivity contribution in [3.05, 3.63) is 53.6 Å². The molecular weight excluding hydrogens is 294 g/mol. The van der Waals surface area contributed by atoms with Crippen molar-refractivity contribution in [3.63, 3.8) is 0 Å². The number of carbonyl (C=O) groups is 1. The van der Waals surface area contributed by atoms with Gasteiger partial charge < -0.3 is 19.5 Å². The van der Waals surface area contributed by atoms with Crippen LogP contribution in [0.15, 0.2) is 42.5 Å². The molecule has 2 aromatic rings. The summed E-state index contributed by atoms with van der Waals surface area (Å²) in [6.07, 6.45) is 0. The zero-order chi connectivity index (χ0) is 16.7. The van der Waals surface area contributed by atoms with Crippen molar-refractivity contribution in [1.29, 1.82) is 0 Å². The highest BCUT2D eigenvalue weighted by molar-refractivity contribution is 5.94. The number of benzene rings is 2. The zero-order valence-electron chi connectivity index (χ0n) is 13.6. The van der Waals surface area contributed by atoms with Gasteiger partial charge in [0, 0.05) is 5.56 Å². The van der Waals surface area contributed by atoms with Gasteiger partial charge in [-0.3, -0.25) is 4.79 Å². The number of amides is 1. The fraction of sp³-hybridized carbons (Fsp3) is 0.278. The quantitative estimate of drug-likeness (QED) is 0.798. The van der Waals surface area contributed by atoms with E-state index in [1.165, 1.54) is 12.7 Å². The van der Waals surface area contributed by atoms with Crippen LogP contribution in [0.5, 0.6) is 17.2 Å².